The van der Waals surface area contributed by atoms with Crippen molar-refractivity contribution in [3.63, 3.8) is 0 Å². The molecule has 0 amide bonds. The smallest absolute Gasteiger partial charge is 0.0221 e. The van der Waals surface area contributed by atoms with Crippen LogP contribution in [0.5, 0.6) is 0 Å². The third kappa shape index (κ3) is 3.52. The maximum Gasteiger partial charge on any atom is 0.0221 e. The maximum absolute atomic E-state index is 5.32. The zero-order valence-electron chi connectivity index (χ0n) is 10.3. The molecule has 0 aliphatic carbocycles. The highest BCUT2D eigenvalue weighted by atomic mass is 15.2. The predicted octanol–water partition coefficient (Wildman–Crippen LogP) is 1.72. The standard InChI is InChI=1S/C13H24N2/c1-5-7-8-15-10-13(11(3)6-2)14-9-12(15)4/h1,11-14H,6-10H2,2-4H3. The Labute approximate surface area is 94.4 Å². The Morgan fingerprint density at radius 2 is 2.33 bits per heavy atom. The van der Waals surface area contributed by atoms with Crippen molar-refractivity contribution < 1.29 is 0 Å². The molecule has 3 unspecified atom stereocenters. The van der Waals surface area contributed by atoms with Gasteiger partial charge in [-0.1, -0.05) is 20.3 Å². The molecule has 15 heavy (non-hydrogen) atoms. The molecule has 1 aliphatic rings. The third-order valence-electron chi connectivity index (χ3n) is 3.60. The summed E-state index contributed by atoms with van der Waals surface area (Å²) in [6.07, 6.45) is 7.44. The summed E-state index contributed by atoms with van der Waals surface area (Å²) >= 11 is 0. The molecule has 3 atom stereocenters. The molecule has 1 rings (SSSR count). The van der Waals surface area contributed by atoms with E-state index in [-0.39, 0.29) is 0 Å². The summed E-state index contributed by atoms with van der Waals surface area (Å²) in [7, 11) is 0. The van der Waals surface area contributed by atoms with Crippen LogP contribution in [-0.4, -0.2) is 36.6 Å². The minimum absolute atomic E-state index is 0.624. The topological polar surface area (TPSA) is 15.3 Å². The molecule has 0 aromatic rings. The van der Waals surface area contributed by atoms with E-state index in [2.05, 4.69) is 36.9 Å². The Morgan fingerprint density at radius 3 is 2.93 bits per heavy atom. The van der Waals surface area contributed by atoms with Crippen molar-refractivity contribution in [3.8, 4) is 12.3 Å². The quantitative estimate of drug-likeness (QED) is 0.708. The van der Waals surface area contributed by atoms with Gasteiger partial charge in [0.05, 0.1) is 0 Å². The van der Waals surface area contributed by atoms with Crippen LogP contribution in [0.25, 0.3) is 0 Å². The van der Waals surface area contributed by atoms with Crippen LogP contribution in [0.4, 0.5) is 0 Å². The van der Waals surface area contributed by atoms with Crippen LogP contribution in [-0.2, 0) is 0 Å². The van der Waals surface area contributed by atoms with Crippen molar-refractivity contribution in [2.45, 2.75) is 45.7 Å². The number of piperazine rings is 1. The van der Waals surface area contributed by atoms with E-state index >= 15 is 0 Å². The highest BCUT2D eigenvalue weighted by Gasteiger charge is 2.26. The molecule has 0 aromatic carbocycles. The average Bonchev–Trinajstić information content (AvgIpc) is 2.27. The number of hydrogen-bond acceptors (Lipinski definition) is 2. The Hall–Kier alpha value is -0.520. The van der Waals surface area contributed by atoms with E-state index in [4.69, 9.17) is 6.42 Å². The van der Waals surface area contributed by atoms with Gasteiger partial charge in [-0.05, 0) is 12.8 Å². The monoisotopic (exact) mass is 208 g/mol. The fourth-order valence-corrected chi connectivity index (χ4v) is 2.13. The molecule has 0 spiro atoms. The first-order valence-electron chi connectivity index (χ1n) is 6.09. The predicted molar refractivity (Wildman–Crippen MR) is 65.7 cm³/mol. The first kappa shape index (κ1) is 12.5. The van der Waals surface area contributed by atoms with Crippen molar-refractivity contribution in [3.05, 3.63) is 0 Å². The molecular formula is C13H24N2. The van der Waals surface area contributed by atoms with Gasteiger partial charge in [0.2, 0.25) is 0 Å². The van der Waals surface area contributed by atoms with Gasteiger partial charge in [-0.15, -0.1) is 12.3 Å². The lowest BCUT2D eigenvalue weighted by atomic mass is 9.95. The van der Waals surface area contributed by atoms with E-state index in [9.17, 15) is 0 Å². The van der Waals surface area contributed by atoms with Gasteiger partial charge in [-0.2, -0.15) is 0 Å². The Balaban J connectivity index is 2.45. The van der Waals surface area contributed by atoms with Crippen molar-refractivity contribution >= 4 is 0 Å². The number of hydrogen-bond donors (Lipinski definition) is 1. The minimum Gasteiger partial charge on any atom is -0.311 e. The van der Waals surface area contributed by atoms with Crippen LogP contribution in [0.1, 0.15) is 33.6 Å². The van der Waals surface area contributed by atoms with E-state index in [1.807, 2.05) is 0 Å². The summed E-state index contributed by atoms with van der Waals surface area (Å²) in [5.41, 5.74) is 0. The van der Waals surface area contributed by atoms with E-state index in [0.29, 0.717) is 12.1 Å². The van der Waals surface area contributed by atoms with Crippen LogP contribution in [0.2, 0.25) is 0 Å². The SMILES string of the molecule is C#CCCN1CC(C(C)CC)NCC1C. The Bertz CT molecular complexity index is 219. The molecule has 1 aliphatic heterocycles. The molecule has 1 N–H and O–H groups in total. The molecular weight excluding hydrogens is 184 g/mol. The number of nitrogens with one attached hydrogen (secondary N) is 1. The lowest BCUT2D eigenvalue weighted by Gasteiger charge is -2.40. The van der Waals surface area contributed by atoms with Gasteiger partial charge in [0.25, 0.3) is 0 Å². The van der Waals surface area contributed by atoms with Gasteiger partial charge in [-0.25, -0.2) is 0 Å². The van der Waals surface area contributed by atoms with Crippen LogP contribution in [0, 0.1) is 18.3 Å². The Morgan fingerprint density at radius 1 is 1.60 bits per heavy atom. The van der Waals surface area contributed by atoms with E-state index < -0.39 is 0 Å². The minimum atomic E-state index is 0.624. The largest absolute Gasteiger partial charge is 0.311 e. The van der Waals surface area contributed by atoms with Gasteiger partial charge < -0.3 is 5.32 Å². The summed E-state index contributed by atoms with van der Waals surface area (Å²) in [5.74, 6) is 3.49. The highest BCUT2D eigenvalue weighted by Crippen LogP contribution is 2.15. The van der Waals surface area contributed by atoms with Crippen LogP contribution >= 0.6 is 0 Å². The fraction of sp³-hybridized carbons (Fsp3) is 0.846. The average molecular weight is 208 g/mol. The molecule has 1 fully saturated rings. The second-order valence-electron chi connectivity index (χ2n) is 4.70. The number of terminal acetylenes is 1. The van der Waals surface area contributed by atoms with Gasteiger partial charge >= 0.3 is 0 Å². The number of nitrogens with zero attached hydrogens (tertiary/aromatic N) is 1. The zero-order chi connectivity index (χ0) is 11.3. The normalized spacial score (nSPS) is 29.7. The molecule has 86 valence electrons. The third-order valence-corrected chi connectivity index (χ3v) is 3.60. The van der Waals surface area contributed by atoms with Crippen molar-refractivity contribution in [1.82, 2.24) is 10.2 Å². The van der Waals surface area contributed by atoms with Crippen LogP contribution in [0.3, 0.4) is 0 Å². The highest BCUT2D eigenvalue weighted by molar-refractivity contribution is 4.90. The first-order chi connectivity index (χ1) is 7.19. The maximum atomic E-state index is 5.32. The molecule has 0 aromatic heterocycles. The number of rotatable bonds is 4. The van der Waals surface area contributed by atoms with Gasteiger partial charge in [0, 0.05) is 38.1 Å². The summed E-state index contributed by atoms with van der Waals surface area (Å²) in [6.45, 7) is 10.2. The van der Waals surface area contributed by atoms with E-state index in [1.54, 1.807) is 0 Å². The van der Waals surface area contributed by atoms with Crippen molar-refractivity contribution in [2.75, 3.05) is 19.6 Å². The van der Waals surface area contributed by atoms with Gasteiger partial charge in [0.1, 0.15) is 0 Å². The summed E-state index contributed by atoms with van der Waals surface area (Å²) in [6, 6.07) is 1.27. The van der Waals surface area contributed by atoms with E-state index in [1.165, 1.54) is 6.42 Å². The van der Waals surface area contributed by atoms with Gasteiger partial charge in [-0.3, -0.25) is 4.90 Å². The molecule has 2 heteroatoms. The molecule has 0 bridgehead atoms. The molecule has 2 nitrogen and oxygen atoms in total. The van der Waals surface area contributed by atoms with Gasteiger partial charge in [0.15, 0.2) is 0 Å². The lowest BCUT2D eigenvalue weighted by Crippen LogP contribution is -2.57. The fourth-order valence-electron chi connectivity index (χ4n) is 2.13. The lowest BCUT2D eigenvalue weighted by molar-refractivity contribution is 0.121. The molecule has 0 saturated carbocycles. The van der Waals surface area contributed by atoms with Crippen LogP contribution in [0.15, 0.2) is 0 Å². The second kappa shape index (κ2) is 6.15. The molecule has 1 saturated heterocycles. The summed E-state index contributed by atoms with van der Waals surface area (Å²) < 4.78 is 0. The van der Waals surface area contributed by atoms with Crippen molar-refractivity contribution in [1.29, 1.82) is 0 Å². The van der Waals surface area contributed by atoms with Crippen molar-refractivity contribution in [2.24, 2.45) is 5.92 Å². The summed E-state index contributed by atoms with van der Waals surface area (Å²) in [4.78, 5) is 2.52. The second-order valence-corrected chi connectivity index (χ2v) is 4.70. The van der Waals surface area contributed by atoms with Crippen LogP contribution < -0.4 is 5.32 Å². The first-order valence-corrected chi connectivity index (χ1v) is 6.09. The van der Waals surface area contributed by atoms with E-state index in [0.717, 1.165) is 32.0 Å². The Kier molecular flexibility index (Phi) is 5.14. The molecule has 1 heterocycles. The molecule has 0 radical (unpaired) electrons. The summed E-state index contributed by atoms with van der Waals surface area (Å²) in [5, 5.41) is 3.63. The zero-order valence-corrected chi connectivity index (χ0v) is 10.3.